The van der Waals surface area contributed by atoms with Crippen LogP contribution in [0.5, 0.6) is 5.75 Å². The second-order valence-electron chi connectivity index (χ2n) is 4.63. The number of carbonyl (C=O) groups is 1. The molecule has 2 aromatic carbocycles. The van der Waals surface area contributed by atoms with Crippen LogP contribution in [-0.2, 0) is 4.79 Å². The lowest BCUT2D eigenvalue weighted by molar-refractivity contribution is -0.384. The minimum Gasteiger partial charge on any atom is -0.482 e. The number of nitrogens with zero attached hydrogens (tertiary/aromatic N) is 2. The fourth-order valence-electron chi connectivity index (χ4n) is 1.81. The van der Waals surface area contributed by atoms with E-state index >= 15 is 0 Å². The monoisotopic (exact) mass is 369 g/mol. The summed E-state index contributed by atoms with van der Waals surface area (Å²) in [5, 5.41) is 23.6. The number of nitro benzene ring substituents is 2. The molecule has 1 amide bonds. The molecule has 0 aliphatic carbocycles. The summed E-state index contributed by atoms with van der Waals surface area (Å²) < 4.78 is 18.2. The van der Waals surface area contributed by atoms with Crippen molar-refractivity contribution in [2.24, 2.45) is 0 Å². The molecule has 9 nitrogen and oxygen atoms in total. The molecule has 0 aromatic heterocycles. The molecule has 130 valence electrons. The molecule has 0 unspecified atom stereocenters. The Kier molecular flexibility index (Phi) is 5.45. The molecule has 0 spiro atoms. The third-order valence-corrected chi connectivity index (χ3v) is 3.21. The van der Waals surface area contributed by atoms with Crippen LogP contribution in [-0.4, -0.2) is 22.4 Å². The Morgan fingerprint density at radius 3 is 2.48 bits per heavy atom. The third kappa shape index (κ3) is 4.61. The van der Waals surface area contributed by atoms with E-state index in [4.69, 9.17) is 16.3 Å². The number of rotatable bonds is 6. The molecule has 0 saturated heterocycles. The van der Waals surface area contributed by atoms with Crippen molar-refractivity contribution in [1.82, 2.24) is 0 Å². The minimum atomic E-state index is -0.841. The predicted octanol–water partition coefficient (Wildman–Crippen LogP) is 3.31. The lowest BCUT2D eigenvalue weighted by Crippen LogP contribution is -2.20. The first-order chi connectivity index (χ1) is 11.8. The molecule has 11 heteroatoms. The lowest BCUT2D eigenvalue weighted by Gasteiger charge is -2.09. The van der Waals surface area contributed by atoms with Gasteiger partial charge in [-0.15, -0.1) is 0 Å². The SMILES string of the molecule is O=C(COc1ccc([N+](=O)[O-])cc1Cl)Nc1ccc(F)cc1[N+](=O)[O-]. The molecule has 0 heterocycles. The van der Waals surface area contributed by atoms with Crippen molar-refractivity contribution in [1.29, 1.82) is 0 Å². The van der Waals surface area contributed by atoms with E-state index in [0.717, 1.165) is 24.3 Å². The molecule has 0 aliphatic heterocycles. The Labute approximate surface area is 144 Å². The summed E-state index contributed by atoms with van der Waals surface area (Å²) in [4.78, 5) is 31.8. The van der Waals surface area contributed by atoms with Gasteiger partial charge in [0.1, 0.15) is 17.3 Å². The van der Waals surface area contributed by atoms with Crippen molar-refractivity contribution in [2.45, 2.75) is 0 Å². The average Bonchev–Trinajstić information content (AvgIpc) is 2.55. The van der Waals surface area contributed by atoms with Crippen molar-refractivity contribution >= 4 is 34.6 Å². The first-order valence-electron chi connectivity index (χ1n) is 6.58. The Bertz CT molecular complexity index is 860. The maximum Gasteiger partial charge on any atom is 0.295 e. The van der Waals surface area contributed by atoms with Gasteiger partial charge in [-0.3, -0.25) is 25.0 Å². The first-order valence-corrected chi connectivity index (χ1v) is 6.96. The predicted molar refractivity (Wildman–Crippen MR) is 85.3 cm³/mol. The Balaban J connectivity index is 2.04. The molecule has 25 heavy (non-hydrogen) atoms. The topological polar surface area (TPSA) is 125 Å². The maximum atomic E-state index is 13.0. The standard InChI is InChI=1S/C14H9ClFN3O6/c15-10-6-9(18(21)22)2-4-13(10)25-7-14(20)17-11-3-1-8(16)5-12(11)19(23)24/h1-6H,7H2,(H,17,20). The van der Waals surface area contributed by atoms with Crippen LogP contribution in [0, 0.1) is 26.0 Å². The van der Waals surface area contributed by atoms with Gasteiger partial charge in [0.15, 0.2) is 6.61 Å². The minimum absolute atomic E-state index is 0.0241. The van der Waals surface area contributed by atoms with E-state index in [9.17, 15) is 29.4 Å². The van der Waals surface area contributed by atoms with Gasteiger partial charge in [0, 0.05) is 12.1 Å². The smallest absolute Gasteiger partial charge is 0.295 e. The fraction of sp³-hybridized carbons (Fsp3) is 0.0714. The number of amides is 1. The van der Waals surface area contributed by atoms with Crippen molar-refractivity contribution in [3.8, 4) is 5.75 Å². The van der Waals surface area contributed by atoms with Crippen LogP contribution in [0.3, 0.4) is 0 Å². The molecule has 2 rings (SSSR count). The first kappa shape index (κ1) is 18.1. The number of anilines is 1. The van der Waals surface area contributed by atoms with Gasteiger partial charge < -0.3 is 10.1 Å². The zero-order chi connectivity index (χ0) is 18.6. The summed E-state index contributed by atoms with van der Waals surface area (Å²) in [6.45, 7) is -0.563. The zero-order valence-corrected chi connectivity index (χ0v) is 13.0. The van der Waals surface area contributed by atoms with E-state index < -0.39 is 33.9 Å². The Morgan fingerprint density at radius 1 is 1.16 bits per heavy atom. The van der Waals surface area contributed by atoms with Crippen LogP contribution in [0.1, 0.15) is 0 Å². The molecule has 0 fully saturated rings. The molecular weight excluding hydrogens is 361 g/mol. The van der Waals surface area contributed by atoms with Gasteiger partial charge in [0.25, 0.3) is 17.3 Å². The summed E-state index contributed by atoms with van der Waals surface area (Å²) in [6.07, 6.45) is 0. The third-order valence-electron chi connectivity index (χ3n) is 2.92. The molecular formula is C14H9ClFN3O6. The quantitative estimate of drug-likeness (QED) is 0.615. The number of non-ortho nitro benzene ring substituents is 1. The second kappa shape index (κ2) is 7.53. The lowest BCUT2D eigenvalue weighted by atomic mass is 10.2. The van der Waals surface area contributed by atoms with Crippen LogP contribution in [0.15, 0.2) is 36.4 Å². The normalized spacial score (nSPS) is 10.2. The summed E-state index contributed by atoms with van der Waals surface area (Å²) in [5.41, 5.74) is -1.06. The highest BCUT2D eigenvalue weighted by Crippen LogP contribution is 2.29. The van der Waals surface area contributed by atoms with Gasteiger partial charge >= 0.3 is 0 Å². The second-order valence-corrected chi connectivity index (χ2v) is 5.03. The largest absolute Gasteiger partial charge is 0.482 e. The van der Waals surface area contributed by atoms with Crippen molar-refractivity contribution in [2.75, 3.05) is 11.9 Å². The van der Waals surface area contributed by atoms with Crippen molar-refractivity contribution < 1.29 is 23.8 Å². The number of ether oxygens (including phenoxy) is 1. The van der Waals surface area contributed by atoms with Gasteiger partial charge in [-0.2, -0.15) is 0 Å². The van der Waals surface area contributed by atoms with E-state index in [-0.39, 0.29) is 22.1 Å². The molecule has 0 aliphatic rings. The number of carbonyl (C=O) groups excluding carboxylic acids is 1. The highest BCUT2D eigenvalue weighted by Gasteiger charge is 2.18. The molecule has 0 saturated carbocycles. The van der Waals surface area contributed by atoms with Crippen molar-refractivity contribution in [3.63, 3.8) is 0 Å². The maximum absolute atomic E-state index is 13.0. The Morgan fingerprint density at radius 2 is 1.88 bits per heavy atom. The number of halogens is 2. The van der Waals surface area contributed by atoms with Crippen molar-refractivity contribution in [3.05, 3.63) is 67.5 Å². The summed E-state index contributed by atoms with van der Waals surface area (Å²) in [5.74, 6) is -1.56. The number of nitrogens with one attached hydrogen (secondary N) is 1. The highest BCUT2D eigenvalue weighted by atomic mass is 35.5. The Hall–Kier alpha value is -3.27. The molecule has 2 aromatic rings. The fourth-order valence-corrected chi connectivity index (χ4v) is 2.04. The van der Waals surface area contributed by atoms with Gasteiger partial charge in [-0.05, 0) is 18.2 Å². The van der Waals surface area contributed by atoms with E-state index in [1.165, 1.54) is 6.07 Å². The average molecular weight is 370 g/mol. The zero-order valence-electron chi connectivity index (χ0n) is 12.3. The van der Waals surface area contributed by atoms with Crippen LogP contribution in [0.2, 0.25) is 5.02 Å². The van der Waals surface area contributed by atoms with E-state index in [2.05, 4.69) is 5.32 Å². The summed E-state index contributed by atoms with van der Waals surface area (Å²) >= 11 is 5.81. The van der Waals surface area contributed by atoms with Gasteiger partial charge in [-0.1, -0.05) is 11.6 Å². The molecule has 1 N–H and O–H groups in total. The van der Waals surface area contributed by atoms with E-state index in [1.54, 1.807) is 0 Å². The summed E-state index contributed by atoms with van der Waals surface area (Å²) in [7, 11) is 0. The number of nitro groups is 2. The molecule has 0 radical (unpaired) electrons. The molecule has 0 bridgehead atoms. The van der Waals surface area contributed by atoms with E-state index in [0.29, 0.717) is 6.07 Å². The van der Waals surface area contributed by atoms with Crippen LogP contribution in [0.4, 0.5) is 21.5 Å². The number of hydrogen-bond donors (Lipinski definition) is 1. The van der Waals surface area contributed by atoms with Crippen LogP contribution < -0.4 is 10.1 Å². The summed E-state index contributed by atoms with van der Waals surface area (Å²) in [6, 6.07) is 6.09. The van der Waals surface area contributed by atoms with Gasteiger partial charge in [-0.25, -0.2) is 4.39 Å². The number of benzene rings is 2. The van der Waals surface area contributed by atoms with Crippen LogP contribution in [0.25, 0.3) is 0 Å². The van der Waals surface area contributed by atoms with Gasteiger partial charge in [0.2, 0.25) is 0 Å². The van der Waals surface area contributed by atoms with Crippen LogP contribution >= 0.6 is 11.6 Å². The molecule has 0 atom stereocenters. The van der Waals surface area contributed by atoms with Gasteiger partial charge in [0.05, 0.1) is 20.9 Å². The number of hydrogen-bond acceptors (Lipinski definition) is 6. The highest BCUT2D eigenvalue weighted by molar-refractivity contribution is 6.32. The van der Waals surface area contributed by atoms with E-state index in [1.807, 2.05) is 0 Å².